The molecule has 0 bridgehead atoms. The van der Waals surface area contributed by atoms with Crippen LogP contribution in [-0.2, 0) is 16.1 Å². The lowest BCUT2D eigenvalue weighted by molar-refractivity contribution is -0.135. The Hall–Kier alpha value is -1.99. The fraction of sp³-hybridized carbons (Fsp3) is 0.500. The van der Waals surface area contributed by atoms with Crippen LogP contribution in [0, 0.1) is 0 Å². The van der Waals surface area contributed by atoms with Crippen molar-refractivity contribution in [2.24, 2.45) is 0 Å². The number of nitrogens with zero attached hydrogens (tertiary/aromatic N) is 1. The highest BCUT2D eigenvalue weighted by atomic mass is 16.5. The molecule has 1 aliphatic heterocycles. The van der Waals surface area contributed by atoms with Gasteiger partial charge in [-0.15, -0.1) is 0 Å². The van der Waals surface area contributed by atoms with Gasteiger partial charge in [-0.25, -0.2) is 0 Å². The molecule has 7 nitrogen and oxygen atoms in total. The molecular formula is C14H20N2O5. The number of phenolic OH excluding ortho intramolecular Hbond substituents is 3. The molecule has 1 saturated heterocycles. The van der Waals surface area contributed by atoms with Crippen molar-refractivity contribution in [1.29, 1.82) is 0 Å². The van der Waals surface area contributed by atoms with Crippen molar-refractivity contribution in [1.82, 2.24) is 10.2 Å². The van der Waals surface area contributed by atoms with E-state index in [0.29, 0.717) is 51.4 Å². The van der Waals surface area contributed by atoms with Crippen molar-refractivity contribution in [2.45, 2.75) is 13.0 Å². The van der Waals surface area contributed by atoms with Crippen molar-refractivity contribution >= 4 is 5.91 Å². The van der Waals surface area contributed by atoms with Gasteiger partial charge in [0, 0.05) is 38.2 Å². The third kappa shape index (κ3) is 3.99. The Bertz CT molecular complexity index is 500. The molecule has 1 aromatic rings. The number of nitrogens with one attached hydrogen (secondary N) is 1. The highest BCUT2D eigenvalue weighted by Crippen LogP contribution is 2.36. The first-order valence-electron chi connectivity index (χ1n) is 6.88. The Morgan fingerprint density at radius 2 is 1.90 bits per heavy atom. The molecule has 21 heavy (non-hydrogen) atoms. The van der Waals surface area contributed by atoms with Crippen molar-refractivity contribution in [3.63, 3.8) is 0 Å². The first-order valence-corrected chi connectivity index (χ1v) is 6.88. The zero-order valence-corrected chi connectivity index (χ0v) is 11.7. The van der Waals surface area contributed by atoms with E-state index in [0.717, 1.165) is 0 Å². The van der Waals surface area contributed by atoms with E-state index in [-0.39, 0.29) is 17.4 Å². The summed E-state index contributed by atoms with van der Waals surface area (Å²) in [5.41, 5.74) is 0.462. The van der Waals surface area contributed by atoms with Crippen LogP contribution in [-0.4, -0.2) is 59.0 Å². The SMILES string of the molecule is O=C(CCNCc1ccc(O)c(O)c1O)N1CCOCC1. The first kappa shape index (κ1) is 15.4. The molecule has 7 heteroatoms. The van der Waals surface area contributed by atoms with E-state index >= 15 is 0 Å². The lowest BCUT2D eigenvalue weighted by atomic mass is 10.1. The summed E-state index contributed by atoms with van der Waals surface area (Å²) in [5, 5.41) is 31.3. The number of aromatic hydroxyl groups is 3. The van der Waals surface area contributed by atoms with E-state index in [1.807, 2.05) is 0 Å². The van der Waals surface area contributed by atoms with Crippen molar-refractivity contribution in [3.8, 4) is 17.2 Å². The molecule has 1 aromatic carbocycles. The van der Waals surface area contributed by atoms with Crippen LogP contribution in [0.1, 0.15) is 12.0 Å². The van der Waals surface area contributed by atoms with Crippen molar-refractivity contribution in [2.75, 3.05) is 32.8 Å². The molecule has 116 valence electrons. The largest absolute Gasteiger partial charge is 0.504 e. The third-order valence-electron chi connectivity index (χ3n) is 3.41. The third-order valence-corrected chi connectivity index (χ3v) is 3.41. The average molecular weight is 296 g/mol. The molecule has 1 fully saturated rings. The molecule has 0 aromatic heterocycles. The number of benzene rings is 1. The number of ether oxygens (including phenoxy) is 1. The lowest BCUT2D eigenvalue weighted by Gasteiger charge is -2.26. The van der Waals surface area contributed by atoms with E-state index in [1.165, 1.54) is 12.1 Å². The summed E-state index contributed by atoms with van der Waals surface area (Å²) in [7, 11) is 0. The quantitative estimate of drug-likeness (QED) is 0.455. The summed E-state index contributed by atoms with van der Waals surface area (Å²) < 4.78 is 5.19. The van der Waals surface area contributed by atoms with Gasteiger partial charge in [0.05, 0.1) is 13.2 Å². The minimum Gasteiger partial charge on any atom is -0.504 e. The molecule has 4 N–H and O–H groups in total. The molecule has 0 aliphatic carbocycles. The number of amides is 1. The Morgan fingerprint density at radius 3 is 2.62 bits per heavy atom. The van der Waals surface area contributed by atoms with Gasteiger partial charge in [0.1, 0.15) is 0 Å². The van der Waals surface area contributed by atoms with Crippen LogP contribution in [0.2, 0.25) is 0 Å². The predicted octanol–water partition coefficient (Wildman–Crippen LogP) is 0.142. The van der Waals surface area contributed by atoms with Crippen molar-refractivity contribution in [3.05, 3.63) is 17.7 Å². The summed E-state index contributed by atoms with van der Waals surface area (Å²) in [6, 6.07) is 2.83. The zero-order valence-electron chi connectivity index (χ0n) is 11.7. The second-order valence-corrected chi connectivity index (χ2v) is 4.86. The maximum Gasteiger partial charge on any atom is 0.224 e. The van der Waals surface area contributed by atoms with Gasteiger partial charge in [0.15, 0.2) is 11.5 Å². The maximum absolute atomic E-state index is 11.9. The van der Waals surface area contributed by atoms with Gasteiger partial charge in [-0.1, -0.05) is 6.07 Å². The smallest absolute Gasteiger partial charge is 0.224 e. The van der Waals surface area contributed by atoms with Gasteiger partial charge in [-0.3, -0.25) is 4.79 Å². The molecular weight excluding hydrogens is 276 g/mol. The van der Waals surface area contributed by atoms with Gasteiger partial charge >= 0.3 is 0 Å². The standard InChI is InChI=1S/C14H20N2O5/c17-11-2-1-10(13(19)14(11)20)9-15-4-3-12(18)16-5-7-21-8-6-16/h1-2,15,17,19-20H,3-9H2. The van der Waals surface area contributed by atoms with E-state index in [4.69, 9.17) is 4.74 Å². The Morgan fingerprint density at radius 1 is 1.19 bits per heavy atom. The predicted molar refractivity (Wildman–Crippen MR) is 75.2 cm³/mol. The first-order chi connectivity index (χ1) is 10.1. The zero-order chi connectivity index (χ0) is 15.2. The molecule has 1 heterocycles. The van der Waals surface area contributed by atoms with Crippen LogP contribution in [0.15, 0.2) is 12.1 Å². The summed E-state index contributed by atoms with van der Waals surface area (Å²) in [5.74, 6) is -1.16. The van der Waals surface area contributed by atoms with Crippen LogP contribution in [0.3, 0.4) is 0 Å². The van der Waals surface area contributed by atoms with Crippen LogP contribution < -0.4 is 5.32 Å². The topological polar surface area (TPSA) is 102 Å². The minimum absolute atomic E-state index is 0.0728. The molecule has 0 unspecified atom stereocenters. The number of morpholine rings is 1. The second kappa shape index (κ2) is 7.14. The molecule has 1 aliphatic rings. The van der Waals surface area contributed by atoms with Gasteiger partial charge in [-0.2, -0.15) is 0 Å². The van der Waals surface area contributed by atoms with Crippen LogP contribution in [0.4, 0.5) is 0 Å². The number of phenols is 3. The van der Waals surface area contributed by atoms with Gasteiger partial charge in [-0.05, 0) is 6.07 Å². The van der Waals surface area contributed by atoms with E-state index in [1.54, 1.807) is 4.90 Å². The van der Waals surface area contributed by atoms with Crippen LogP contribution in [0.5, 0.6) is 17.2 Å². The number of carbonyl (C=O) groups excluding carboxylic acids is 1. The fourth-order valence-corrected chi connectivity index (χ4v) is 2.14. The van der Waals surface area contributed by atoms with Crippen LogP contribution in [0.25, 0.3) is 0 Å². The number of hydrogen-bond donors (Lipinski definition) is 4. The Balaban J connectivity index is 1.74. The van der Waals surface area contributed by atoms with E-state index in [9.17, 15) is 20.1 Å². The van der Waals surface area contributed by atoms with E-state index in [2.05, 4.69) is 5.32 Å². The minimum atomic E-state index is -0.529. The molecule has 1 amide bonds. The number of carbonyl (C=O) groups is 1. The number of rotatable bonds is 5. The van der Waals surface area contributed by atoms with Crippen molar-refractivity contribution < 1.29 is 24.9 Å². The molecule has 0 atom stereocenters. The van der Waals surface area contributed by atoms with Gasteiger partial charge in [0.25, 0.3) is 0 Å². The Kier molecular flexibility index (Phi) is 5.24. The maximum atomic E-state index is 11.9. The lowest BCUT2D eigenvalue weighted by Crippen LogP contribution is -2.41. The van der Waals surface area contributed by atoms with Gasteiger partial charge in [0.2, 0.25) is 11.7 Å². The summed E-state index contributed by atoms with van der Waals surface area (Å²) in [6.45, 7) is 3.20. The second-order valence-electron chi connectivity index (χ2n) is 4.86. The molecule has 2 rings (SSSR count). The molecule has 0 saturated carbocycles. The molecule has 0 spiro atoms. The fourth-order valence-electron chi connectivity index (χ4n) is 2.14. The monoisotopic (exact) mass is 296 g/mol. The molecule has 0 radical (unpaired) electrons. The highest BCUT2D eigenvalue weighted by Gasteiger charge is 2.16. The normalized spacial score (nSPS) is 15.1. The van der Waals surface area contributed by atoms with Crippen LogP contribution >= 0.6 is 0 Å². The summed E-state index contributed by atoms with van der Waals surface area (Å²) >= 11 is 0. The van der Waals surface area contributed by atoms with E-state index < -0.39 is 5.75 Å². The summed E-state index contributed by atoms with van der Waals surface area (Å²) in [4.78, 5) is 13.7. The summed E-state index contributed by atoms with van der Waals surface area (Å²) in [6.07, 6.45) is 0.366. The Labute approximate surface area is 122 Å². The highest BCUT2D eigenvalue weighted by molar-refractivity contribution is 5.76. The number of hydrogen-bond acceptors (Lipinski definition) is 6. The van der Waals surface area contributed by atoms with Gasteiger partial charge < -0.3 is 30.3 Å². The average Bonchev–Trinajstić information content (AvgIpc) is 2.51.